The molecule has 0 atom stereocenters. The highest BCUT2D eigenvalue weighted by Gasteiger charge is 2.27. The normalized spacial score (nSPS) is 21.7. The maximum Gasteiger partial charge on any atom is 0.276 e. The fraction of sp³-hybridized carbons (Fsp3) is 0.552. The fourth-order valence-electron chi connectivity index (χ4n) is 5.82. The first-order chi connectivity index (χ1) is 19.5. The van der Waals surface area contributed by atoms with E-state index in [1.165, 1.54) is 0 Å². The van der Waals surface area contributed by atoms with Crippen LogP contribution in [0.2, 0.25) is 5.15 Å². The third-order valence-corrected chi connectivity index (χ3v) is 8.40. The summed E-state index contributed by atoms with van der Waals surface area (Å²) >= 11 is 5.98. The molecular formula is C29H36ClN7O3. The summed E-state index contributed by atoms with van der Waals surface area (Å²) in [6.45, 7) is 1.58. The number of pyridine rings is 1. The van der Waals surface area contributed by atoms with E-state index in [0.717, 1.165) is 70.3 Å². The SMILES string of the molecule is O=C(CC1CCOCC1)CC1CCC(Nc2cc(NC3CC3)c3ncc(C(=O)Nc4ccnc(Cl)c4)n3n2)CC1. The van der Waals surface area contributed by atoms with Crippen LogP contribution in [0.5, 0.6) is 0 Å². The molecular weight excluding hydrogens is 530 g/mol. The number of halogens is 1. The second kappa shape index (κ2) is 12.1. The second-order valence-electron chi connectivity index (χ2n) is 11.4. The summed E-state index contributed by atoms with van der Waals surface area (Å²) in [5.74, 6) is 1.73. The minimum Gasteiger partial charge on any atom is -0.381 e. The van der Waals surface area contributed by atoms with Gasteiger partial charge in [-0.2, -0.15) is 0 Å². The first-order valence-electron chi connectivity index (χ1n) is 14.4. The number of imidazole rings is 1. The Hall–Kier alpha value is -3.24. The van der Waals surface area contributed by atoms with Crippen LogP contribution in [0.1, 0.15) is 74.7 Å². The minimum absolute atomic E-state index is 0.264. The van der Waals surface area contributed by atoms with Gasteiger partial charge in [0.2, 0.25) is 0 Å². The van der Waals surface area contributed by atoms with Gasteiger partial charge in [0.15, 0.2) is 11.3 Å². The third-order valence-electron chi connectivity index (χ3n) is 8.19. The molecule has 2 saturated carbocycles. The van der Waals surface area contributed by atoms with Crippen LogP contribution in [-0.2, 0) is 9.53 Å². The number of hydrogen-bond donors (Lipinski definition) is 3. The van der Waals surface area contributed by atoms with Crippen molar-refractivity contribution in [3.63, 3.8) is 0 Å². The van der Waals surface area contributed by atoms with Crippen LogP contribution < -0.4 is 16.0 Å². The van der Waals surface area contributed by atoms with Crippen molar-refractivity contribution in [2.24, 2.45) is 11.8 Å². The van der Waals surface area contributed by atoms with Crippen molar-refractivity contribution < 1.29 is 14.3 Å². The standard InChI is InChI=1S/C29H36ClN7O3/c30-26-15-22(7-10-31-26)35-29(39)25-17-32-28-24(33-20-5-6-20)16-27(36-37(25)28)34-21-3-1-18(2-4-21)13-23(38)14-19-8-11-40-12-9-19/h7,10,15-21,33H,1-6,8-9,11-14H2,(H,34,36)(H,31,35,39). The van der Waals surface area contributed by atoms with E-state index >= 15 is 0 Å². The van der Waals surface area contributed by atoms with Crippen LogP contribution >= 0.6 is 11.6 Å². The molecule has 0 aromatic carbocycles. The van der Waals surface area contributed by atoms with Gasteiger partial charge in [-0.25, -0.2) is 14.5 Å². The van der Waals surface area contributed by atoms with Gasteiger partial charge < -0.3 is 20.7 Å². The summed E-state index contributed by atoms with van der Waals surface area (Å²) in [5.41, 5.74) is 2.35. The first kappa shape index (κ1) is 27.0. The van der Waals surface area contributed by atoms with Crippen LogP contribution in [0, 0.1) is 11.8 Å². The van der Waals surface area contributed by atoms with E-state index in [1.54, 1.807) is 29.0 Å². The van der Waals surface area contributed by atoms with Crippen LogP contribution in [0.3, 0.4) is 0 Å². The Morgan fingerprint density at radius 2 is 1.62 bits per heavy atom. The van der Waals surface area contributed by atoms with Gasteiger partial charge in [-0.3, -0.25) is 9.59 Å². The van der Waals surface area contributed by atoms with Crippen LogP contribution in [0.4, 0.5) is 17.2 Å². The van der Waals surface area contributed by atoms with Gasteiger partial charge in [-0.05, 0) is 75.3 Å². The molecule has 212 valence electrons. The van der Waals surface area contributed by atoms with Crippen molar-refractivity contribution in [3.05, 3.63) is 41.4 Å². The van der Waals surface area contributed by atoms with E-state index in [1.807, 2.05) is 6.07 Å². The highest BCUT2D eigenvalue weighted by Crippen LogP contribution is 2.32. The number of anilines is 3. The molecule has 0 radical (unpaired) electrons. The molecule has 3 N–H and O–H groups in total. The number of ether oxygens (including phenoxy) is 1. The number of nitrogens with one attached hydrogen (secondary N) is 3. The van der Waals surface area contributed by atoms with E-state index in [-0.39, 0.29) is 11.9 Å². The number of fused-ring (bicyclic) bond motifs is 1. The molecule has 3 aliphatic rings. The lowest BCUT2D eigenvalue weighted by Gasteiger charge is -2.30. The Morgan fingerprint density at radius 3 is 2.35 bits per heavy atom. The topological polar surface area (TPSA) is 123 Å². The lowest BCUT2D eigenvalue weighted by molar-refractivity contribution is -0.121. The van der Waals surface area contributed by atoms with E-state index in [9.17, 15) is 9.59 Å². The first-order valence-corrected chi connectivity index (χ1v) is 14.8. The predicted molar refractivity (Wildman–Crippen MR) is 154 cm³/mol. The number of hydrogen-bond acceptors (Lipinski definition) is 8. The summed E-state index contributed by atoms with van der Waals surface area (Å²) in [6.07, 6.45) is 12.8. The molecule has 11 heteroatoms. The molecule has 2 aliphatic carbocycles. The monoisotopic (exact) mass is 565 g/mol. The highest BCUT2D eigenvalue weighted by atomic mass is 35.5. The number of amides is 1. The van der Waals surface area contributed by atoms with Crippen molar-refractivity contribution >= 4 is 46.1 Å². The lowest BCUT2D eigenvalue weighted by atomic mass is 9.81. The molecule has 0 bridgehead atoms. The van der Waals surface area contributed by atoms with Gasteiger partial charge >= 0.3 is 0 Å². The van der Waals surface area contributed by atoms with Crippen LogP contribution in [0.25, 0.3) is 5.65 Å². The predicted octanol–water partition coefficient (Wildman–Crippen LogP) is 5.35. The average Bonchev–Trinajstić information content (AvgIpc) is 3.65. The van der Waals surface area contributed by atoms with E-state index in [0.29, 0.717) is 64.5 Å². The Bertz CT molecular complexity index is 1360. The van der Waals surface area contributed by atoms with Crippen molar-refractivity contribution in [2.45, 2.75) is 76.3 Å². The smallest absolute Gasteiger partial charge is 0.276 e. The van der Waals surface area contributed by atoms with Gasteiger partial charge in [0.05, 0.1) is 11.9 Å². The Morgan fingerprint density at radius 1 is 0.925 bits per heavy atom. The van der Waals surface area contributed by atoms with E-state index in [4.69, 9.17) is 21.4 Å². The minimum atomic E-state index is -0.331. The van der Waals surface area contributed by atoms with Crippen molar-refractivity contribution in [1.29, 1.82) is 0 Å². The Labute approximate surface area is 238 Å². The number of aromatic nitrogens is 4. The quantitative estimate of drug-likeness (QED) is 0.281. The number of Topliss-reactive ketones (excluding diaryl/α,β-unsaturated/α-hetero) is 1. The summed E-state index contributed by atoms with van der Waals surface area (Å²) in [5, 5.41) is 15.1. The number of nitrogens with zero attached hydrogens (tertiary/aromatic N) is 4. The zero-order valence-electron chi connectivity index (χ0n) is 22.6. The second-order valence-corrected chi connectivity index (χ2v) is 11.8. The van der Waals surface area contributed by atoms with Crippen molar-refractivity contribution in [1.82, 2.24) is 19.6 Å². The molecule has 40 heavy (non-hydrogen) atoms. The molecule has 6 rings (SSSR count). The molecule has 3 fully saturated rings. The van der Waals surface area contributed by atoms with Gasteiger partial charge in [-0.15, -0.1) is 5.10 Å². The van der Waals surface area contributed by atoms with E-state index in [2.05, 4.69) is 25.9 Å². The molecule has 10 nitrogen and oxygen atoms in total. The van der Waals surface area contributed by atoms with Crippen LogP contribution in [0.15, 0.2) is 30.6 Å². The zero-order valence-corrected chi connectivity index (χ0v) is 23.3. The average molecular weight is 566 g/mol. The zero-order chi connectivity index (χ0) is 27.5. The number of ketones is 1. The van der Waals surface area contributed by atoms with Gasteiger partial charge in [0.25, 0.3) is 5.91 Å². The Kier molecular flexibility index (Phi) is 8.15. The Balaban J connectivity index is 1.11. The molecule has 3 aromatic rings. The van der Waals surface area contributed by atoms with E-state index < -0.39 is 0 Å². The summed E-state index contributed by atoms with van der Waals surface area (Å²) in [7, 11) is 0. The number of rotatable bonds is 10. The van der Waals surface area contributed by atoms with Crippen LogP contribution in [-0.4, -0.2) is 56.6 Å². The summed E-state index contributed by atoms with van der Waals surface area (Å²) in [6, 6.07) is 5.95. The fourth-order valence-corrected chi connectivity index (χ4v) is 5.99. The van der Waals surface area contributed by atoms with Gasteiger partial charge in [0, 0.05) is 56.1 Å². The summed E-state index contributed by atoms with van der Waals surface area (Å²) < 4.78 is 7.03. The molecule has 1 aliphatic heterocycles. The summed E-state index contributed by atoms with van der Waals surface area (Å²) in [4.78, 5) is 34.3. The van der Waals surface area contributed by atoms with Crippen molar-refractivity contribution in [3.8, 4) is 0 Å². The number of carbonyl (C=O) groups is 2. The largest absolute Gasteiger partial charge is 0.381 e. The van der Waals surface area contributed by atoms with Gasteiger partial charge in [0.1, 0.15) is 16.8 Å². The third kappa shape index (κ3) is 6.72. The molecule has 0 unspecified atom stereocenters. The lowest BCUT2D eigenvalue weighted by Crippen LogP contribution is -2.28. The maximum atomic E-state index is 13.1. The molecule has 1 saturated heterocycles. The molecule has 4 heterocycles. The molecule has 3 aromatic heterocycles. The molecule has 1 amide bonds. The maximum absolute atomic E-state index is 13.1. The number of carbonyl (C=O) groups excluding carboxylic acids is 2. The van der Waals surface area contributed by atoms with Gasteiger partial charge in [-0.1, -0.05) is 11.6 Å². The molecule has 0 spiro atoms. The van der Waals surface area contributed by atoms with Crippen molar-refractivity contribution in [2.75, 3.05) is 29.2 Å². The highest BCUT2D eigenvalue weighted by molar-refractivity contribution is 6.29.